The molecule has 11 heteroatoms. The van der Waals surface area contributed by atoms with E-state index in [2.05, 4.69) is 55.2 Å². The van der Waals surface area contributed by atoms with Crippen molar-refractivity contribution in [2.24, 2.45) is 4.99 Å². The van der Waals surface area contributed by atoms with Gasteiger partial charge in [-0.3, -0.25) is 9.69 Å². The summed E-state index contributed by atoms with van der Waals surface area (Å²) < 4.78 is 0. The number of aliphatic imine (C=N–C) groups is 1. The van der Waals surface area contributed by atoms with Crippen molar-refractivity contribution in [3.63, 3.8) is 0 Å². The third-order valence-corrected chi connectivity index (χ3v) is 6.86. The standard InChI is InChI=1S/C26H33N9O2/c1-18-5-3-6-20-15-21(16-30-26(36)23-24(27)29-8-7-28-23)25(32-22(18)20)34-10-4-9-33(11-13-34)12-14-35-19(2)31-17-37-35/h3,5-8,15H,4,9-14,16-17H2,1-2H3,(H2,27,29)(H,30,36). The summed E-state index contributed by atoms with van der Waals surface area (Å²) >= 11 is 0. The summed E-state index contributed by atoms with van der Waals surface area (Å²) in [6.45, 7) is 10.1. The maximum atomic E-state index is 12.8. The molecule has 11 nitrogen and oxygen atoms in total. The van der Waals surface area contributed by atoms with Crippen molar-refractivity contribution < 1.29 is 9.63 Å². The Kier molecular flexibility index (Phi) is 7.42. The van der Waals surface area contributed by atoms with E-state index in [1.54, 1.807) is 0 Å². The Morgan fingerprint density at radius 2 is 1.97 bits per heavy atom. The highest BCUT2D eigenvalue weighted by Gasteiger charge is 2.22. The van der Waals surface area contributed by atoms with Gasteiger partial charge in [0.25, 0.3) is 5.91 Å². The number of carbonyl (C=O) groups excluding carboxylic acids is 1. The zero-order chi connectivity index (χ0) is 25.8. The summed E-state index contributed by atoms with van der Waals surface area (Å²) in [7, 11) is 0. The first-order valence-corrected chi connectivity index (χ1v) is 12.6. The first-order chi connectivity index (χ1) is 18.0. The molecule has 1 fully saturated rings. The first-order valence-electron chi connectivity index (χ1n) is 12.6. The Hall–Kier alpha value is -3.83. The molecule has 1 aromatic carbocycles. The minimum absolute atomic E-state index is 0.112. The van der Waals surface area contributed by atoms with E-state index in [9.17, 15) is 4.79 Å². The number of amides is 1. The van der Waals surface area contributed by atoms with Crippen LogP contribution >= 0.6 is 0 Å². The van der Waals surface area contributed by atoms with Crippen molar-refractivity contribution >= 4 is 34.3 Å². The molecular formula is C26H33N9O2. The van der Waals surface area contributed by atoms with Gasteiger partial charge >= 0.3 is 0 Å². The average molecular weight is 504 g/mol. The van der Waals surface area contributed by atoms with Gasteiger partial charge < -0.3 is 16.0 Å². The van der Waals surface area contributed by atoms with Gasteiger partial charge in [0.1, 0.15) is 11.7 Å². The van der Waals surface area contributed by atoms with Crippen molar-refractivity contribution in [3.8, 4) is 0 Å². The second-order valence-corrected chi connectivity index (χ2v) is 9.34. The van der Waals surface area contributed by atoms with Gasteiger partial charge in [-0.15, -0.1) is 0 Å². The Bertz CT molecular complexity index is 1310. The lowest BCUT2D eigenvalue weighted by molar-refractivity contribution is -0.0794. The number of rotatable bonds is 7. The highest BCUT2D eigenvalue weighted by molar-refractivity contribution is 5.96. The molecule has 37 heavy (non-hydrogen) atoms. The molecule has 3 aromatic rings. The number of nitrogens with zero attached hydrogens (tertiary/aromatic N) is 7. The molecule has 4 heterocycles. The number of nitrogens with two attached hydrogens (primary N) is 1. The van der Waals surface area contributed by atoms with Crippen molar-refractivity contribution in [3.05, 3.63) is 53.5 Å². The zero-order valence-electron chi connectivity index (χ0n) is 21.4. The van der Waals surface area contributed by atoms with Gasteiger partial charge in [0, 0.05) is 56.1 Å². The lowest BCUT2D eigenvalue weighted by Gasteiger charge is -2.26. The van der Waals surface area contributed by atoms with E-state index in [1.807, 2.05) is 18.1 Å². The third kappa shape index (κ3) is 5.62. The number of pyridine rings is 1. The summed E-state index contributed by atoms with van der Waals surface area (Å²) in [5.74, 6) is 1.59. The van der Waals surface area contributed by atoms with Crippen LogP contribution < -0.4 is 16.0 Å². The molecule has 0 bridgehead atoms. The molecule has 0 saturated carbocycles. The number of hydroxylamine groups is 2. The van der Waals surface area contributed by atoms with Crippen molar-refractivity contribution in [2.45, 2.75) is 26.8 Å². The van der Waals surface area contributed by atoms with E-state index in [4.69, 9.17) is 15.6 Å². The normalized spacial score (nSPS) is 16.6. The smallest absolute Gasteiger partial charge is 0.273 e. The molecular weight excluding hydrogens is 470 g/mol. The number of fused-ring (bicyclic) bond motifs is 1. The summed E-state index contributed by atoms with van der Waals surface area (Å²) in [5, 5.41) is 5.89. The predicted molar refractivity (Wildman–Crippen MR) is 143 cm³/mol. The van der Waals surface area contributed by atoms with Crippen molar-refractivity contribution in [2.75, 3.05) is 56.6 Å². The fraction of sp³-hybridized carbons (Fsp3) is 0.423. The quantitative estimate of drug-likeness (QED) is 0.498. The van der Waals surface area contributed by atoms with Crippen LogP contribution in [0.1, 0.15) is 35.0 Å². The summed E-state index contributed by atoms with van der Waals surface area (Å²) in [4.78, 5) is 40.6. The number of nitrogens with one attached hydrogen (secondary N) is 1. The van der Waals surface area contributed by atoms with Crippen LogP contribution in [0.25, 0.3) is 10.9 Å². The van der Waals surface area contributed by atoms with Crippen LogP contribution in [-0.2, 0) is 11.4 Å². The predicted octanol–water partition coefficient (Wildman–Crippen LogP) is 1.98. The maximum absolute atomic E-state index is 12.8. The van der Waals surface area contributed by atoms with Crippen LogP contribution in [0.15, 0.2) is 41.7 Å². The molecule has 0 radical (unpaired) electrons. The molecule has 2 aliphatic heterocycles. The van der Waals surface area contributed by atoms with Gasteiger partial charge in [-0.1, -0.05) is 18.2 Å². The second kappa shape index (κ2) is 11.1. The number of hydrogen-bond acceptors (Lipinski definition) is 10. The van der Waals surface area contributed by atoms with Crippen LogP contribution in [0.3, 0.4) is 0 Å². The van der Waals surface area contributed by atoms with Crippen LogP contribution in [0.2, 0.25) is 0 Å². The average Bonchev–Trinajstić information content (AvgIpc) is 3.16. The number of aromatic nitrogens is 3. The fourth-order valence-electron chi connectivity index (χ4n) is 4.80. The highest BCUT2D eigenvalue weighted by atomic mass is 16.7. The number of hydrogen-bond donors (Lipinski definition) is 2. The van der Waals surface area contributed by atoms with Gasteiger partial charge in [-0.2, -0.15) is 0 Å². The minimum atomic E-state index is -0.356. The fourth-order valence-corrected chi connectivity index (χ4v) is 4.80. The maximum Gasteiger partial charge on any atom is 0.273 e. The monoisotopic (exact) mass is 503 g/mol. The Balaban J connectivity index is 1.33. The second-order valence-electron chi connectivity index (χ2n) is 9.34. The Labute approximate surface area is 216 Å². The number of anilines is 2. The molecule has 0 unspecified atom stereocenters. The van der Waals surface area contributed by atoms with Gasteiger partial charge in [-0.05, 0) is 38.4 Å². The number of amidine groups is 1. The first kappa shape index (κ1) is 24.8. The molecule has 1 saturated heterocycles. The number of aryl methyl sites for hydroxylation is 1. The molecule has 3 N–H and O–H groups in total. The van der Waals surface area contributed by atoms with Crippen LogP contribution in [0, 0.1) is 6.92 Å². The van der Waals surface area contributed by atoms with E-state index in [-0.39, 0.29) is 17.4 Å². The third-order valence-electron chi connectivity index (χ3n) is 6.86. The van der Waals surface area contributed by atoms with Gasteiger partial charge in [-0.25, -0.2) is 29.8 Å². The summed E-state index contributed by atoms with van der Waals surface area (Å²) in [6, 6.07) is 8.29. The topological polar surface area (TPSA) is 125 Å². The number of para-hydroxylation sites is 1. The molecule has 2 aromatic heterocycles. The van der Waals surface area contributed by atoms with E-state index in [0.29, 0.717) is 13.3 Å². The summed E-state index contributed by atoms with van der Waals surface area (Å²) in [5.41, 5.74) is 9.04. The molecule has 0 atom stereocenters. The largest absolute Gasteiger partial charge is 0.382 e. The Morgan fingerprint density at radius 1 is 1.11 bits per heavy atom. The Morgan fingerprint density at radius 3 is 2.78 bits per heavy atom. The van der Waals surface area contributed by atoms with Gasteiger partial charge in [0.15, 0.2) is 18.2 Å². The van der Waals surface area contributed by atoms with E-state index in [0.717, 1.165) is 79.4 Å². The molecule has 2 aliphatic rings. The molecule has 194 valence electrons. The summed E-state index contributed by atoms with van der Waals surface area (Å²) in [6.07, 6.45) is 3.95. The lowest BCUT2D eigenvalue weighted by atomic mass is 10.1. The van der Waals surface area contributed by atoms with E-state index < -0.39 is 0 Å². The minimum Gasteiger partial charge on any atom is -0.382 e. The SMILES string of the molecule is CC1=NCON1CCN1CCCN(c2nc3c(C)cccc3cc2CNC(=O)c2nccnc2N)CC1. The number of benzene rings is 1. The number of carbonyl (C=O) groups is 1. The lowest BCUT2D eigenvalue weighted by Crippen LogP contribution is -2.38. The highest BCUT2D eigenvalue weighted by Crippen LogP contribution is 2.27. The van der Waals surface area contributed by atoms with E-state index in [1.165, 1.54) is 12.4 Å². The van der Waals surface area contributed by atoms with Gasteiger partial charge in [0.2, 0.25) is 0 Å². The molecule has 0 spiro atoms. The van der Waals surface area contributed by atoms with Crippen LogP contribution in [-0.4, -0.2) is 82.7 Å². The molecule has 0 aliphatic carbocycles. The van der Waals surface area contributed by atoms with E-state index >= 15 is 0 Å². The van der Waals surface area contributed by atoms with Crippen LogP contribution in [0.5, 0.6) is 0 Å². The number of nitrogen functional groups attached to an aromatic ring is 1. The van der Waals surface area contributed by atoms with Crippen molar-refractivity contribution in [1.29, 1.82) is 0 Å². The zero-order valence-corrected chi connectivity index (χ0v) is 21.4. The van der Waals surface area contributed by atoms with Gasteiger partial charge in [0.05, 0.1) is 12.1 Å². The molecule has 1 amide bonds. The van der Waals surface area contributed by atoms with Crippen LogP contribution in [0.4, 0.5) is 11.6 Å². The van der Waals surface area contributed by atoms with Crippen molar-refractivity contribution in [1.82, 2.24) is 30.2 Å². The molecule has 5 rings (SSSR count).